The van der Waals surface area contributed by atoms with Crippen molar-refractivity contribution in [3.63, 3.8) is 0 Å². The van der Waals surface area contributed by atoms with E-state index in [9.17, 15) is 9.59 Å². The minimum atomic E-state index is -0.433. The molecule has 1 atom stereocenters. The van der Waals surface area contributed by atoms with Crippen LogP contribution < -0.4 is 5.32 Å². The molecule has 0 aliphatic heterocycles. The van der Waals surface area contributed by atoms with Crippen molar-refractivity contribution in [1.29, 1.82) is 0 Å². The third-order valence-electron chi connectivity index (χ3n) is 2.68. The summed E-state index contributed by atoms with van der Waals surface area (Å²) in [7, 11) is 0. The number of amides is 1. The van der Waals surface area contributed by atoms with Crippen LogP contribution in [0.2, 0.25) is 0 Å². The van der Waals surface area contributed by atoms with E-state index in [0.29, 0.717) is 6.61 Å². The summed E-state index contributed by atoms with van der Waals surface area (Å²) >= 11 is 0. The summed E-state index contributed by atoms with van der Waals surface area (Å²) in [6.07, 6.45) is 8.82. The smallest absolute Gasteiger partial charge is 0.332 e. The van der Waals surface area contributed by atoms with Crippen molar-refractivity contribution in [3.8, 4) is 0 Å². The van der Waals surface area contributed by atoms with Gasteiger partial charge in [0.25, 0.3) is 0 Å². The molecule has 0 radical (unpaired) electrons. The van der Waals surface area contributed by atoms with Gasteiger partial charge < -0.3 is 10.1 Å². The van der Waals surface area contributed by atoms with Gasteiger partial charge in [-0.05, 0) is 12.8 Å². The Kier molecular flexibility index (Phi) is 10.6. The summed E-state index contributed by atoms with van der Waals surface area (Å²) in [4.78, 5) is 23.0. The van der Waals surface area contributed by atoms with E-state index < -0.39 is 5.97 Å². The van der Waals surface area contributed by atoms with Crippen molar-refractivity contribution >= 4 is 11.9 Å². The van der Waals surface area contributed by atoms with Gasteiger partial charge in [0.15, 0.2) is 0 Å². The third-order valence-corrected chi connectivity index (χ3v) is 2.68. The Morgan fingerprint density at radius 1 is 1.26 bits per heavy atom. The van der Waals surface area contributed by atoms with Crippen LogP contribution in [0.4, 0.5) is 0 Å². The van der Waals surface area contributed by atoms with Gasteiger partial charge >= 0.3 is 5.97 Å². The third kappa shape index (κ3) is 9.05. The van der Waals surface area contributed by atoms with Crippen molar-refractivity contribution < 1.29 is 14.3 Å². The average molecular weight is 267 g/mol. The van der Waals surface area contributed by atoms with Gasteiger partial charge in [-0.15, -0.1) is 6.58 Å². The first-order valence-electron chi connectivity index (χ1n) is 6.91. The largest absolute Gasteiger partial charge is 0.462 e. The van der Waals surface area contributed by atoms with E-state index in [4.69, 9.17) is 4.74 Å². The van der Waals surface area contributed by atoms with E-state index in [0.717, 1.165) is 32.1 Å². The maximum absolute atomic E-state index is 11.7. The first-order valence-corrected chi connectivity index (χ1v) is 6.91. The van der Waals surface area contributed by atoms with Gasteiger partial charge in [-0.3, -0.25) is 4.79 Å². The predicted octanol–water partition coefficient (Wildman–Crippen LogP) is 2.95. The SMILES string of the molecule is C=CC(CCCC)C(=O)NC=CC(=O)OCCCC. The highest BCUT2D eigenvalue weighted by molar-refractivity contribution is 5.85. The molecule has 0 rings (SSSR count). The molecule has 0 aromatic heterocycles. The van der Waals surface area contributed by atoms with Gasteiger partial charge in [-0.25, -0.2) is 4.79 Å². The number of rotatable bonds is 10. The summed E-state index contributed by atoms with van der Waals surface area (Å²) in [5, 5.41) is 2.57. The van der Waals surface area contributed by atoms with E-state index in [1.165, 1.54) is 12.3 Å². The maximum atomic E-state index is 11.7. The molecule has 0 spiro atoms. The topological polar surface area (TPSA) is 55.4 Å². The van der Waals surface area contributed by atoms with Crippen LogP contribution in [0.15, 0.2) is 24.9 Å². The molecule has 0 saturated heterocycles. The standard InChI is InChI=1S/C15H25NO3/c1-4-7-9-13(6-3)15(18)16-11-10-14(17)19-12-8-5-2/h6,10-11,13H,3-5,7-9,12H2,1-2H3,(H,16,18). The molecule has 0 saturated carbocycles. The fourth-order valence-corrected chi connectivity index (χ4v) is 1.44. The molecule has 0 aromatic rings. The molecule has 1 unspecified atom stereocenters. The Morgan fingerprint density at radius 3 is 2.53 bits per heavy atom. The van der Waals surface area contributed by atoms with Crippen molar-refractivity contribution in [1.82, 2.24) is 5.32 Å². The molecule has 1 N–H and O–H groups in total. The molecule has 1 amide bonds. The lowest BCUT2D eigenvalue weighted by Crippen LogP contribution is -2.25. The molecule has 4 heteroatoms. The number of esters is 1. The van der Waals surface area contributed by atoms with E-state index in [2.05, 4.69) is 18.8 Å². The average Bonchev–Trinajstić information content (AvgIpc) is 2.40. The summed E-state index contributed by atoms with van der Waals surface area (Å²) in [5.41, 5.74) is 0. The monoisotopic (exact) mass is 267 g/mol. The highest BCUT2D eigenvalue weighted by Gasteiger charge is 2.12. The Labute approximate surface area is 115 Å². The lowest BCUT2D eigenvalue weighted by atomic mass is 10.0. The summed E-state index contributed by atoms with van der Waals surface area (Å²) in [6, 6.07) is 0. The summed E-state index contributed by atoms with van der Waals surface area (Å²) in [5.74, 6) is -0.778. The molecular weight excluding hydrogens is 242 g/mol. The lowest BCUT2D eigenvalue weighted by molar-refractivity contribution is -0.137. The number of nitrogens with one attached hydrogen (secondary N) is 1. The van der Waals surface area contributed by atoms with Crippen LogP contribution in [0.3, 0.4) is 0 Å². The molecule has 19 heavy (non-hydrogen) atoms. The number of carbonyl (C=O) groups excluding carboxylic acids is 2. The molecular formula is C15H25NO3. The van der Waals surface area contributed by atoms with Crippen LogP contribution in [-0.2, 0) is 14.3 Å². The van der Waals surface area contributed by atoms with Gasteiger partial charge in [0.05, 0.1) is 12.5 Å². The highest BCUT2D eigenvalue weighted by Crippen LogP contribution is 2.09. The van der Waals surface area contributed by atoms with Gasteiger partial charge in [0, 0.05) is 12.3 Å². The maximum Gasteiger partial charge on any atom is 0.332 e. The number of carbonyl (C=O) groups is 2. The summed E-state index contributed by atoms with van der Waals surface area (Å²) < 4.78 is 4.92. The Balaban J connectivity index is 3.98. The quantitative estimate of drug-likeness (QED) is 0.286. The minimum absolute atomic E-state index is 0.138. The zero-order valence-electron chi connectivity index (χ0n) is 12.0. The summed E-state index contributed by atoms with van der Waals surface area (Å²) in [6.45, 7) is 8.16. The van der Waals surface area contributed by atoms with E-state index in [1.54, 1.807) is 6.08 Å². The predicted molar refractivity (Wildman–Crippen MR) is 76.4 cm³/mol. The van der Waals surface area contributed by atoms with Crippen LogP contribution in [0, 0.1) is 5.92 Å². The lowest BCUT2D eigenvalue weighted by Gasteiger charge is -2.09. The fourth-order valence-electron chi connectivity index (χ4n) is 1.44. The van der Waals surface area contributed by atoms with E-state index in [1.807, 2.05) is 6.92 Å². The van der Waals surface area contributed by atoms with Crippen molar-refractivity contribution in [2.45, 2.75) is 46.0 Å². The molecule has 0 bridgehead atoms. The highest BCUT2D eigenvalue weighted by atomic mass is 16.5. The Hall–Kier alpha value is -1.58. The second-order valence-electron chi connectivity index (χ2n) is 4.35. The number of unbranched alkanes of at least 4 members (excludes halogenated alkanes) is 2. The van der Waals surface area contributed by atoms with Gasteiger partial charge in [-0.2, -0.15) is 0 Å². The molecule has 0 heterocycles. The first kappa shape index (κ1) is 17.4. The van der Waals surface area contributed by atoms with Crippen molar-refractivity contribution in [3.05, 3.63) is 24.9 Å². The minimum Gasteiger partial charge on any atom is -0.462 e. The second-order valence-corrected chi connectivity index (χ2v) is 4.35. The second kappa shape index (κ2) is 11.5. The Bertz CT molecular complexity index is 311. The Morgan fingerprint density at radius 2 is 1.95 bits per heavy atom. The first-order chi connectivity index (χ1) is 9.15. The molecule has 4 nitrogen and oxygen atoms in total. The van der Waals surface area contributed by atoms with Crippen LogP contribution in [0.25, 0.3) is 0 Å². The van der Waals surface area contributed by atoms with Crippen LogP contribution in [0.1, 0.15) is 46.0 Å². The van der Waals surface area contributed by atoms with Crippen molar-refractivity contribution in [2.75, 3.05) is 6.61 Å². The normalized spacial score (nSPS) is 12.1. The number of ether oxygens (including phenoxy) is 1. The fraction of sp³-hybridized carbons (Fsp3) is 0.600. The van der Waals surface area contributed by atoms with Gasteiger partial charge in [0.1, 0.15) is 0 Å². The number of hydrogen-bond acceptors (Lipinski definition) is 3. The van der Waals surface area contributed by atoms with E-state index in [-0.39, 0.29) is 11.8 Å². The van der Waals surface area contributed by atoms with Crippen LogP contribution in [-0.4, -0.2) is 18.5 Å². The van der Waals surface area contributed by atoms with E-state index >= 15 is 0 Å². The number of hydrogen-bond donors (Lipinski definition) is 1. The molecule has 0 fully saturated rings. The molecule has 0 aliphatic carbocycles. The zero-order valence-corrected chi connectivity index (χ0v) is 12.0. The van der Waals surface area contributed by atoms with Crippen LogP contribution >= 0.6 is 0 Å². The molecule has 0 aliphatic rings. The van der Waals surface area contributed by atoms with Crippen molar-refractivity contribution in [2.24, 2.45) is 5.92 Å². The van der Waals surface area contributed by atoms with Crippen LogP contribution in [0.5, 0.6) is 0 Å². The molecule has 108 valence electrons. The van der Waals surface area contributed by atoms with Gasteiger partial charge in [0.2, 0.25) is 5.91 Å². The zero-order chi connectivity index (χ0) is 14.5. The van der Waals surface area contributed by atoms with Gasteiger partial charge in [-0.1, -0.05) is 39.2 Å². The molecule has 0 aromatic carbocycles.